The number of rotatable bonds is 8. The van der Waals surface area contributed by atoms with E-state index in [-0.39, 0.29) is 23.1 Å². The molecule has 33 heavy (non-hydrogen) atoms. The molecule has 1 saturated heterocycles. The topological polar surface area (TPSA) is 67.9 Å². The van der Waals surface area contributed by atoms with E-state index in [2.05, 4.69) is 17.4 Å². The van der Waals surface area contributed by atoms with Gasteiger partial charge in [-0.15, -0.1) is 0 Å². The van der Waals surface area contributed by atoms with Crippen molar-refractivity contribution >= 4 is 17.9 Å². The number of carbonyl (C=O) groups excluding carboxylic acids is 2. The minimum Gasteiger partial charge on any atom is -0.493 e. The molecule has 4 rings (SSSR count). The summed E-state index contributed by atoms with van der Waals surface area (Å²) in [6.45, 7) is 2.06. The van der Waals surface area contributed by atoms with Crippen LogP contribution in [0.2, 0.25) is 0 Å². The molecule has 1 atom stereocenters. The standard InChI is InChI=1S/C27H32N2O4/c1-32-23-10-8-21(18-24(23)33-2)9-11-25(30)29-16-13-27(14-17-29)19-22(27)26(31)28-15-12-20-6-4-3-5-7-20/h3-11,18,22H,12-17,19H2,1-2H3,(H,28,31). The highest BCUT2D eigenvalue weighted by Gasteiger charge is 2.58. The third kappa shape index (κ3) is 5.38. The molecule has 2 aromatic rings. The Morgan fingerprint density at radius 2 is 1.79 bits per heavy atom. The lowest BCUT2D eigenvalue weighted by Gasteiger charge is -2.32. The summed E-state index contributed by atoms with van der Waals surface area (Å²) in [4.78, 5) is 27.2. The predicted molar refractivity (Wildman–Crippen MR) is 128 cm³/mol. The number of piperidine rings is 1. The van der Waals surface area contributed by atoms with Crippen LogP contribution in [0.15, 0.2) is 54.6 Å². The number of hydrogen-bond donors (Lipinski definition) is 1. The van der Waals surface area contributed by atoms with E-state index in [4.69, 9.17) is 9.47 Å². The Balaban J connectivity index is 1.23. The number of hydrogen-bond acceptors (Lipinski definition) is 4. The minimum atomic E-state index is 0.00384. The predicted octanol–water partition coefficient (Wildman–Crippen LogP) is 3.70. The van der Waals surface area contributed by atoms with Gasteiger partial charge < -0.3 is 19.7 Å². The van der Waals surface area contributed by atoms with Crippen LogP contribution in [0.3, 0.4) is 0 Å². The van der Waals surface area contributed by atoms with Gasteiger partial charge in [-0.1, -0.05) is 36.4 Å². The molecule has 0 radical (unpaired) electrons. The lowest BCUT2D eigenvalue weighted by atomic mass is 9.90. The van der Waals surface area contributed by atoms with Gasteiger partial charge in [0, 0.05) is 31.6 Å². The van der Waals surface area contributed by atoms with Gasteiger partial charge in [0.25, 0.3) is 0 Å². The summed E-state index contributed by atoms with van der Waals surface area (Å²) in [7, 11) is 3.19. The average Bonchev–Trinajstić information content (AvgIpc) is 3.56. The van der Waals surface area contributed by atoms with E-state index in [9.17, 15) is 9.59 Å². The first-order valence-electron chi connectivity index (χ1n) is 11.6. The highest BCUT2D eigenvalue weighted by Crippen LogP contribution is 2.59. The molecule has 1 aliphatic carbocycles. The zero-order valence-electron chi connectivity index (χ0n) is 19.4. The Morgan fingerprint density at radius 3 is 2.48 bits per heavy atom. The molecule has 0 bridgehead atoms. The third-order valence-electron chi connectivity index (χ3n) is 6.96. The van der Waals surface area contributed by atoms with Crippen molar-refractivity contribution in [2.45, 2.75) is 25.7 Å². The smallest absolute Gasteiger partial charge is 0.246 e. The van der Waals surface area contributed by atoms with Gasteiger partial charge in [-0.05, 0) is 60.4 Å². The molecule has 0 aromatic heterocycles. The van der Waals surface area contributed by atoms with Crippen molar-refractivity contribution in [2.75, 3.05) is 33.9 Å². The zero-order chi connectivity index (χ0) is 23.3. The number of nitrogens with one attached hydrogen (secondary N) is 1. The van der Waals surface area contributed by atoms with E-state index < -0.39 is 0 Å². The molecule has 2 aromatic carbocycles. The highest BCUT2D eigenvalue weighted by atomic mass is 16.5. The number of amides is 2. The fraction of sp³-hybridized carbons (Fsp3) is 0.407. The minimum absolute atomic E-state index is 0.00384. The number of likely N-dealkylation sites (tertiary alicyclic amines) is 1. The van der Waals surface area contributed by atoms with Gasteiger partial charge in [0.1, 0.15) is 0 Å². The van der Waals surface area contributed by atoms with Crippen LogP contribution in [-0.2, 0) is 16.0 Å². The first kappa shape index (κ1) is 22.9. The van der Waals surface area contributed by atoms with Gasteiger partial charge >= 0.3 is 0 Å². The Bertz CT molecular complexity index is 1010. The molecule has 174 valence electrons. The summed E-state index contributed by atoms with van der Waals surface area (Å²) >= 11 is 0. The van der Waals surface area contributed by atoms with Gasteiger partial charge in [-0.3, -0.25) is 9.59 Å². The maximum absolute atomic E-state index is 12.7. The van der Waals surface area contributed by atoms with Gasteiger partial charge in [-0.2, -0.15) is 0 Å². The molecule has 2 amide bonds. The van der Waals surface area contributed by atoms with E-state index in [1.54, 1.807) is 26.4 Å². The molecule has 6 nitrogen and oxygen atoms in total. The molecule has 1 unspecified atom stereocenters. The second-order valence-electron chi connectivity index (χ2n) is 8.92. The van der Waals surface area contributed by atoms with Crippen LogP contribution >= 0.6 is 0 Å². The van der Waals surface area contributed by atoms with Crippen LogP contribution in [0, 0.1) is 11.3 Å². The number of nitrogens with zero attached hydrogens (tertiary/aromatic N) is 1. The van der Waals surface area contributed by atoms with Crippen LogP contribution in [0.5, 0.6) is 11.5 Å². The number of carbonyl (C=O) groups is 2. The van der Waals surface area contributed by atoms with Gasteiger partial charge in [0.15, 0.2) is 11.5 Å². The summed E-state index contributed by atoms with van der Waals surface area (Å²) in [6, 6.07) is 15.8. The highest BCUT2D eigenvalue weighted by molar-refractivity contribution is 5.92. The van der Waals surface area contributed by atoms with Crippen molar-refractivity contribution in [3.05, 3.63) is 65.7 Å². The maximum atomic E-state index is 12.7. The second-order valence-corrected chi connectivity index (χ2v) is 8.92. The van der Waals surface area contributed by atoms with E-state index in [1.165, 1.54) is 5.56 Å². The SMILES string of the molecule is COc1ccc(C=CC(=O)N2CCC3(CC2)CC3C(=O)NCCc2ccccc2)cc1OC. The van der Waals surface area contributed by atoms with Crippen molar-refractivity contribution in [1.82, 2.24) is 10.2 Å². The molecule has 2 aliphatic rings. The van der Waals surface area contributed by atoms with E-state index in [0.717, 1.165) is 31.2 Å². The van der Waals surface area contributed by atoms with Crippen LogP contribution in [0.25, 0.3) is 6.08 Å². The molecule has 1 spiro atoms. The molecule has 1 aliphatic heterocycles. The third-order valence-corrected chi connectivity index (χ3v) is 6.96. The largest absolute Gasteiger partial charge is 0.493 e. The molecule has 1 N–H and O–H groups in total. The number of ether oxygens (including phenoxy) is 2. The molecule has 6 heteroatoms. The van der Waals surface area contributed by atoms with Crippen LogP contribution in [0.1, 0.15) is 30.4 Å². The summed E-state index contributed by atoms with van der Waals surface area (Å²) in [6.07, 6.45) is 6.97. The van der Waals surface area contributed by atoms with Crippen LogP contribution in [0.4, 0.5) is 0 Å². The monoisotopic (exact) mass is 448 g/mol. The first-order valence-corrected chi connectivity index (χ1v) is 11.6. The summed E-state index contributed by atoms with van der Waals surface area (Å²) in [5, 5.41) is 3.10. The summed E-state index contributed by atoms with van der Waals surface area (Å²) < 4.78 is 10.6. The fourth-order valence-corrected chi connectivity index (χ4v) is 4.77. The average molecular weight is 449 g/mol. The zero-order valence-corrected chi connectivity index (χ0v) is 19.4. The van der Waals surface area contributed by atoms with Gasteiger partial charge in [0.2, 0.25) is 11.8 Å². The van der Waals surface area contributed by atoms with E-state index in [1.807, 2.05) is 41.3 Å². The molecular weight excluding hydrogens is 416 g/mol. The molecule has 2 fully saturated rings. The van der Waals surface area contributed by atoms with Crippen molar-refractivity contribution < 1.29 is 19.1 Å². The van der Waals surface area contributed by atoms with Crippen molar-refractivity contribution in [3.63, 3.8) is 0 Å². The first-order chi connectivity index (χ1) is 16.0. The number of benzene rings is 2. The molecule has 1 heterocycles. The lowest BCUT2D eigenvalue weighted by Crippen LogP contribution is -2.40. The number of methoxy groups -OCH3 is 2. The van der Waals surface area contributed by atoms with Gasteiger partial charge in [-0.25, -0.2) is 0 Å². The summed E-state index contributed by atoms with van der Waals surface area (Å²) in [5.74, 6) is 1.55. The van der Waals surface area contributed by atoms with E-state index >= 15 is 0 Å². The maximum Gasteiger partial charge on any atom is 0.246 e. The van der Waals surface area contributed by atoms with E-state index in [0.29, 0.717) is 31.1 Å². The van der Waals surface area contributed by atoms with Crippen molar-refractivity contribution in [3.8, 4) is 11.5 Å². The molecule has 1 saturated carbocycles. The Kier molecular flexibility index (Phi) is 7.02. The Hall–Kier alpha value is -3.28. The Morgan fingerprint density at radius 1 is 1.06 bits per heavy atom. The Labute approximate surface area is 195 Å². The van der Waals surface area contributed by atoms with Crippen molar-refractivity contribution in [2.24, 2.45) is 11.3 Å². The second kappa shape index (κ2) is 10.1. The fourth-order valence-electron chi connectivity index (χ4n) is 4.77. The normalized spacial score (nSPS) is 18.8. The lowest BCUT2D eigenvalue weighted by molar-refractivity contribution is -0.127. The van der Waals surface area contributed by atoms with Crippen molar-refractivity contribution in [1.29, 1.82) is 0 Å². The quantitative estimate of drug-likeness (QED) is 0.626. The molecular formula is C27H32N2O4. The van der Waals surface area contributed by atoms with Crippen LogP contribution in [-0.4, -0.2) is 50.6 Å². The van der Waals surface area contributed by atoms with Gasteiger partial charge in [0.05, 0.1) is 14.2 Å². The van der Waals surface area contributed by atoms with Crippen LogP contribution < -0.4 is 14.8 Å². The summed E-state index contributed by atoms with van der Waals surface area (Å²) in [5.41, 5.74) is 2.20.